The van der Waals surface area contributed by atoms with Gasteiger partial charge in [0.2, 0.25) is 0 Å². The third-order valence-corrected chi connectivity index (χ3v) is 4.37. The van der Waals surface area contributed by atoms with Gasteiger partial charge in [0.15, 0.2) is 0 Å². The predicted molar refractivity (Wildman–Crippen MR) is 86.1 cm³/mol. The number of benzene rings is 1. The first kappa shape index (κ1) is 15.2. The van der Waals surface area contributed by atoms with Crippen LogP contribution < -0.4 is 4.74 Å². The fraction of sp³-hybridized carbons (Fsp3) is 0.500. The van der Waals surface area contributed by atoms with E-state index in [-0.39, 0.29) is 12.4 Å². The molecule has 0 amide bonds. The van der Waals surface area contributed by atoms with Crippen LogP contribution in [-0.4, -0.2) is 30.7 Å². The van der Waals surface area contributed by atoms with Gasteiger partial charge in [-0.25, -0.2) is 0 Å². The molecule has 4 heteroatoms. The Hall–Kier alpha value is -1.19. The van der Waals surface area contributed by atoms with Gasteiger partial charge in [-0.3, -0.25) is 0 Å². The highest BCUT2D eigenvalue weighted by atomic mass is 35.5. The summed E-state index contributed by atoms with van der Waals surface area (Å²) in [6.45, 7) is 3.38. The lowest BCUT2D eigenvalue weighted by molar-refractivity contribution is 0.244. The molecule has 1 aromatic carbocycles. The van der Waals surface area contributed by atoms with E-state index in [1.807, 2.05) is 0 Å². The average molecular weight is 295 g/mol. The number of aromatic nitrogens is 1. The van der Waals surface area contributed by atoms with E-state index in [2.05, 4.69) is 48.7 Å². The minimum absolute atomic E-state index is 0. The average Bonchev–Trinajstić information content (AvgIpc) is 2.72. The highest BCUT2D eigenvalue weighted by Crippen LogP contribution is 2.38. The number of nitrogens with zero attached hydrogens (tertiary/aromatic N) is 2. The molecule has 0 radical (unpaired) electrons. The lowest BCUT2D eigenvalue weighted by atomic mass is 10.00. The summed E-state index contributed by atoms with van der Waals surface area (Å²) in [4.78, 5) is 2.34. The van der Waals surface area contributed by atoms with Gasteiger partial charge in [-0.05, 0) is 57.6 Å². The SMILES string of the molecule is COc1ccc2c(c1)c(C)c1n2CCCC1N(C)C.Cl. The van der Waals surface area contributed by atoms with Gasteiger partial charge in [0.05, 0.1) is 7.11 Å². The summed E-state index contributed by atoms with van der Waals surface area (Å²) in [5.41, 5.74) is 4.24. The van der Waals surface area contributed by atoms with Crippen LogP contribution in [-0.2, 0) is 6.54 Å². The van der Waals surface area contributed by atoms with Crippen molar-refractivity contribution in [2.45, 2.75) is 32.4 Å². The van der Waals surface area contributed by atoms with E-state index in [0.717, 1.165) is 12.3 Å². The number of hydrogen-bond donors (Lipinski definition) is 0. The second kappa shape index (κ2) is 5.66. The molecule has 1 aliphatic heterocycles. The zero-order chi connectivity index (χ0) is 13.6. The third-order valence-electron chi connectivity index (χ3n) is 4.37. The van der Waals surface area contributed by atoms with Crippen molar-refractivity contribution in [2.75, 3.05) is 21.2 Å². The van der Waals surface area contributed by atoms with E-state index >= 15 is 0 Å². The van der Waals surface area contributed by atoms with Crippen LogP contribution in [0.1, 0.15) is 30.1 Å². The van der Waals surface area contributed by atoms with Crippen LogP contribution in [0.3, 0.4) is 0 Å². The number of hydrogen-bond acceptors (Lipinski definition) is 2. The minimum Gasteiger partial charge on any atom is -0.497 e. The number of methoxy groups -OCH3 is 1. The van der Waals surface area contributed by atoms with E-state index in [1.165, 1.54) is 35.0 Å². The number of rotatable bonds is 2. The van der Waals surface area contributed by atoms with Crippen LogP contribution in [0.15, 0.2) is 18.2 Å². The molecule has 1 aliphatic rings. The highest BCUT2D eigenvalue weighted by Gasteiger charge is 2.26. The Morgan fingerprint density at radius 1 is 1.30 bits per heavy atom. The predicted octanol–water partition coefficient (Wildman–Crippen LogP) is 3.78. The molecule has 0 saturated heterocycles. The molecule has 1 unspecified atom stereocenters. The van der Waals surface area contributed by atoms with Crippen molar-refractivity contribution in [3.63, 3.8) is 0 Å². The smallest absolute Gasteiger partial charge is 0.119 e. The topological polar surface area (TPSA) is 17.4 Å². The molecule has 0 bridgehead atoms. The summed E-state index contributed by atoms with van der Waals surface area (Å²) in [6.07, 6.45) is 2.51. The number of ether oxygens (including phenoxy) is 1. The van der Waals surface area contributed by atoms with E-state index in [0.29, 0.717) is 6.04 Å². The Balaban J connectivity index is 0.00000147. The lowest BCUT2D eigenvalue weighted by Crippen LogP contribution is -2.27. The van der Waals surface area contributed by atoms with Gasteiger partial charge >= 0.3 is 0 Å². The molecule has 2 aromatic rings. The van der Waals surface area contributed by atoms with Gasteiger partial charge in [-0.2, -0.15) is 0 Å². The molecule has 0 spiro atoms. The maximum Gasteiger partial charge on any atom is 0.119 e. The molecule has 0 N–H and O–H groups in total. The second-order valence-corrected chi connectivity index (χ2v) is 5.67. The normalized spacial score (nSPS) is 17.9. The molecular formula is C16H23ClN2O. The number of halogens is 1. The lowest BCUT2D eigenvalue weighted by Gasteiger charge is -2.31. The van der Waals surface area contributed by atoms with Gasteiger partial charge in [0, 0.05) is 29.2 Å². The molecule has 3 rings (SSSR count). The maximum absolute atomic E-state index is 5.36. The summed E-state index contributed by atoms with van der Waals surface area (Å²) in [7, 11) is 6.09. The zero-order valence-electron chi connectivity index (χ0n) is 12.6. The van der Waals surface area contributed by atoms with Gasteiger partial charge in [-0.15, -0.1) is 12.4 Å². The molecule has 1 aromatic heterocycles. The van der Waals surface area contributed by atoms with Crippen LogP contribution in [0.25, 0.3) is 10.9 Å². The monoisotopic (exact) mass is 294 g/mol. The van der Waals surface area contributed by atoms with Crippen molar-refractivity contribution in [1.82, 2.24) is 9.47 Å². The fourth-order valence-corrected chi connectivity index (χ4v) is 3.40. The van der Waals surface area contributed by atoms with Crippen LogP contribution in [0.2, 0.25) is 0 Å². The van der Waals surface area contributed by atoms with Gasteiger partial charge < -0.3 is 14.2 Å². The third kappa shape index (κ3) is 2.19. The van der Waals surface area contributed by atoms with Crippen LogP contribution in [0.4, 0.5) is 0 Å². The molecule has 2 heterocycles. The van der Waals surface area contributed by atoms with Crippen LogP contribution in [0, 0.1) is 6.92 Å². The van der Waals surface area contributed by atoms with Crippen molar-refractivity contribution in [2.24, 2.45) is 0 Å². The Labute approximate surface area is 126 Å². The summed E-state index contributed by atoms with van der Waals surface area (Å²) in [6, 6.07) is 6.96. The largest absolute Gasteiger partial charge is 0.497 e. The summed E-state index contributed by atoms with van der Waals surface area (Å²) in [5.74, 6) is 0.944. The molecular weight excluding hydrogens is 272 g/mol. The zero-order valence-corrected chi connectivity index (χ0v) is 13.5. The molecule has 0 saturated carbocycles. The van der Waals surface area contributed by atoms with Gasteiger partial charge in [0.25, 0.3) is 0 Å². The van der Waals surface area contributed by atoms with Crippen molar-refractivity contribution < 1.29 is 4.74 Å². The summed E-state index contributed by atoms with van der Waals surface area (Å²) >= 11 is 0. The molecule has 20 heavy (non-hydrogen) atoms. The maximum atomic E-state index is 5.36. The first-order valence-corrected chi connectivity index (χ1v) is 6.96. The first-order valence-electron chi connectivity index (χ1n) is 6.96. The second-order valence-electron chi connectivity index (χ2n) is 5.67. The van der Waals surface area contributed by atoms with Crippen molar-refractivity contribution in [3.05, 3.63) is 29.5 Å². The molecule has 0 fully saturated rings. The fourth-order valence-electron chi connectivity index (χ4n) is 3.40. The molecule has 110 valence electrons. The van der Waals surface area contributed by atoms with E-state index in [1.54, 1.807) is 7.11 Å². The molecule has 3 nitrogen and oxygen atoms in total. The van der Waals surface area contributed by atoms with Crippen LogP contribution in [0.5, 0.6) is 5.75 Å². The number of aryl methyl sites for hydroxylation is 2. The molecule has 1 atom stereocenters. The Morgan fingerprint density at radius 3 is 2.70 bits per heavy atom. The Kier molecular flexibility index (Phi) is 4.31. The van der Waals surface area contributed by atoms with Crippen molar-refractivity contribution in [3.8, 4) is 5.75 Å². The molecule has 0 aliphatic carbocycles. The van der Waals surface area contributed by atoms with Crippen LogP contribution >= 0.6 is 12.4 Å². The first-order chi connectivity index (χ1) is 9.13. The van der Waals surface area contributed by atoms with Crippen molar-refractivity contribution >= 4 is 23.3 Å². The van der Waals surface area contributed by atoms with Crippen molar-refractivity contribution in [1.29, 1.82) is 0 Å². The van der Waals surface area contributed by atoms with Gasteiger partial charge in [-0.1, -0.05) is 0 Å². The van der Waals surface area contributed by atoms with E-state index < -0.39 is 0 Å². The van der Waals surface area contributed by atoms with E-state index in [4.69, 9.17) is 4.74 Å². The quantitative estimate of drug-likeness (QED) is 0.839. The van der Waals surface area contributed by atoms with E-state index in [9.17, 15) is 0 Å². The minimum atomic E-state index is 0. The summed E-state index contributed by atoms with van der Waals surface area (Å²) < 4.78 is 7.86. The highest BCUT2D eigenvalue weighted by molar-refractivity contribution is 5.87. The standard InChI is InChI=1S/C16H22N2O.ClH/c1-11-13-10-12(19-4)7-8-14(13)18-9-5-6-15(16(11)18)17(2)3;/h7-8,10,15H,5-6,9H2,1-4H3;1H. The Morgan fingerprint density at radius 2 is 2.05 bits per heavy atom. The Bertz CT molecular complexity index is 618. The number of fused-ring (bicyclic) bond motifs is 3. The van der Waals surface area contributed by atoms with Gasteiger partial charge in [0.1, 0.15) is 5.75 Å². The summed E-state index contributed by atoms with van der Waals surface area (Å²) in [5, 5.41) is 1.34.